The summed E-state index contributed by atoms with van der Waals surface area (Å²) < 4.78 is 0. The van der Waals surface area contributed by atoms with Crippen molar-refractivity contribution in [1.29, 1.82) is 0 Å². The van der Waals surface area contributed by atoms with Crippen LogP contribution in [-0.2, 0) is 4.79 Å². The standard InChI is InChI=1S/C18H34O.C2H8N2/c1-2-3-4-5-6-7-8-9-10-11-12-13-14-15-16-17-18-19;1-4(2)3/h9-10,18H,2-8,11-17H2,1H3;3H2,1-2H3/b10-9-;. The van der Waals surface area contributed by atoms with Gasteiger partial charge in [-0.2, -0.15) is 0 Å². The maximum absolute atomic E-state index is 10.1. The lowest BCUT2D eigenvalue weighted by Crippen LogP contribution is -2.18. The normalized spacial score (nSPS) is 10.8. The molecule has 0 aliphatic rings. The lowest BCUT2D eigenvalue weighted by atomic mass is 10.1. The van der Waals surface area contributed by atoms with E-state index in [2.05, 4.69) is 19.1 Å². The number of hydrogen-bond donors (Lipinski definition) is 1. The third-order valence-electron chi connectivity index (χ3n) is 3.58. The molecule has 0 bridgehead atoms. The molecule has 0 atom stereocenters. The molecule has 0 radical (unpaired) electrons. The second kappa shape index (κ2) is 23.6. The molecule has 3 nitrogen and oxygen atoms in total. The van der Waals surface area contributed by atoms with Gasteiger partial charge in [-0.3, -0.25) is 10.9 Å². The number of nitrogens with zero attached hydrogens (tertiary/aromatic N) is 1. The van der Waals surface area contributed by atoms with Crippen LogP contribution in [0.5, 0.6) is 0 Å². The van der Waals surface area contributed by atoms with E-state index in [0.29, 0.717) is 0 Å². The van der Waals surface area contributed by atoms with Crippen molar-refractivity contribution in [3.8, 4) is 0 Å². The number of carbonyl (C=O) groups is 1. The Balaban J connectivity index is 0. The van der Waals surface area contributed by atoms with E-state index in [4.69, 9.17) is 5.84 Å². The minimum Gasteiger partial charge on any atom is -0.303 e. The molecule has 0 aliphatic heterocycles. The Morgan fingerprint density at radius 3 is 1.43 bits per heavy atom. The number of nitrogens with two attached hydrogens (primary N) is 1. The first-order valence-electron chi connectivity index (χ1n) is 9.65. The number of carbonyl (C=O) groups excluding carboxylic acids is 1. The third-order valence-corrected chi connectivity index (χ3v) is 3.58. The average molecular weight is 327 g/mol. The van der Waals surface area contributed by atoms with Crippen molar-refractivity contribution in [2.45, 2.75) is 96.8 Å². The number of hydrogen-bond acceptors (Lipinski definition) is 3. The zero-order chi connectivity index (χ0) is 17.6. The Morgan fingerprint density at radius 2 is 1.04 bits per heavy atom. The summed E-state index contributed by atoms with van der Waals surface area (Å²) in [7, 11) is 3.56. The molecule has 0 fully saturated rings. The lowest BCUT2D eigenvalue weighted by molar-refractivity contribution is -0.107. The van der Waals surface area contributed by atoms with Crippen molar-refractivity contribution in [2.75, 3.05) is 14.1 Å². The van der Waals surface area contributed by atoms with Crippen LogP contribution in [0.3, 0.4) is 0 Å². The first kappa shape index (κ1) is 24.6. The molecule has 0 saturated heterocycles. The maximum Gasteiger partial charge on any atom is 0.119 e. The van der Waals surface area contributed by atoms with Gasteiger partial charge in [0.25, 0.3) is 0 Å². The van der Waals surface area contributed by atoms with Crippen molar-refractivity contribution >= 4 is 6.29 Å². The number of allylic oxidation sites excluding steroid dienone is 2. The Labute approximate surface area is 145 Å². The van der Waals surface area contributed by atoms with Crippen LogP contribution in [-0.4, -0.2) is 25.4 Å². The SMILES string of the molecule is CCCCCCCC/C=C\CCCCCCCC=O.CN(C)N. The third kappa shape index (κ3) is 33.9. The summed E-state index contributed by atoms with van der Waals surface area (Å²) in [5, 5.41) is 1.50. The van der Waals surface area contributed by atoms with Gasteiger partial charge in [-0.15, -0.1) is 0 Å². The van der Waals surface area contributed by atoms with Crippen LogP contribution in [0.4, 0.5) is 0 Å². The molecule has 0 aromatic heterocycles. The van der Waals surface area contributed by atoms with Gasteiger partial charge < -0.3 is 4.79 Å². The van der Waals surface area contributed by atoms with Crippen molar-refractivity contribution in [3.63, 3.8) is 0 Å². The van der Waals surface area contributed by atoms with E-state index in [1.54, 1.807) is 14.1 Å². The summed E-state index contributed by atoms with van der Waals surface area (Å²) in [5.74, 6) is 4.94. The van der Waals surface area contributed by atoms with Gasteiger partial charge in [-0.05, 0) is 32.1 Å². The largest absolute Gasteiger partial charge is 0.303 e. The number of hydrazine groups is 1. The minimum atomic E-state index is 0.748. The molecular weight excluding hydrogens is 284 g/mol. The van der Waals surface area contributed by atoms with Gasteiger partial charge >= 0.3 is 0 Å². The van der Waals surface area contributed by atoms with Crippen LogP contribution >= 0.6 is 0 Å². The Hall–Kier alpha value is -0.670. The monoisotopic (exact) mass is 326 g/mol. The molecule has 0 aromatic carbocycles. The van der Waals surface area contributed by atoms with Crippen molar-refractivity contribution in [1.82, 2.24) is 5.01 Å². The first-order chi connectivity index (χ1) is 11.1. The highest BCUT2D eigenvalue weighted by molar-refractivity contribution is 5.48. The summed E-state index contributed by atoms with van der Waals surface area (Å²) in [5.41, 5.74) is 0. The fourth-order valence-electron chi connectivity index (χ4n) is 2.30. The molecule has 0 unspecified atom stereocenters. The number of rotatable bonds is 15. The second-order valence-corrected chi connectivity index (χ2v) is 6.50. The Kier molecular flexibility index (Phi) is 25.2. The molecule has 0 spiro atoms. The smallest absolute Gasteiger partial charge is 0.119 e. The van der Waals surface area contributed by atoms with E-state index in [9.17, 15) is 4.79 Å². The highest BCUT2D eigenvalue weighted by Crippen LogP contribution is 2.09. The van der Waals surface area contributed by atoms with E-state index in [1.165, 1.54) is 82.1 Å². The maximum atomic E-state index is 10.1. The van der Waals surface area contributed by atoms with Crippen LogP contribution in [0.25, 0.3) is 0 Å². The molecule has 0 rings (SSSR count). The van der Waals surface area contributed by atoms with Gasteiger partial charge in [0.05, 0.1) is 0 Å². The van der Waals surface area contributed by atoms with Crippen LogP contribution < -0.4 is 5.84 Å². The van der Waals surface area contributed by atoms with Gasteiger partial charge in [0, 0.05) is 20.5 Å². The van der Waals surface area contributed by atoms with Crippen LogP contribution in [0.15, 0.2) is 12.2 Å². The number of aldehydes is 1. The molecule has 2 N–H and O–H groups in total. The van der Waals surface area contributed by atoms with Gasteiger partial charge in [0.1, 0.15) is 6.29 Å². The molecule has 3 heteroatoms. The van der Waals surface area contributed by atoms with Crippen LogP contribution in [0.1, 0.15) is 96.8 Å². The second-order valence-electron chi connectivity index (χ2n) is 6.50. The average Bonchev–Trinajstić information content (AvgIpc) is 2.50. The Morgan fingerprint density at radius 1 is 0.696 bits per heavy atom. The van der Waals surface area contributed by atoms with Crippen LogP contribution in [0.2, 0.25) is 0 Å². The van der Waals surface area contributed by atoms with Crippen molar-refractivity contribution < 1.29 is 4.79 Å². The van der Waals surface area contributed by atoms with E-state index in [0.717, 1.165) is 19.1 Å². The fourth-order valence-corrected chi connectivity index (χ4v) is 2.30. The highest BCUT2D eigenvalue weighted by Gasteiger charge is 1.90. The molecular formula is C20H42N2O. The highest BCUT2D eigenvalue weighted by atomic mass is 16.1. The fraction of sp³-hybridized carbons (Fsp3) is 0.850. The zero-order valence-corrected chi connectivity index (χ0v) is 16.1. The summed E-state index contributed by atoms with van der Waals surface area (Å²) >= 11 is 0. The van der Waals surface area contributed by atoms with Gasteiger partial charge in [-0.25, -0.2) is 0 Å². The molecule has 23 heavy (non-hydrogen) atoms. The molecule has 0 aromatic rings. The van der Waals surface area contributed by atoms with Crippen LogP contribution in [0, 0.1) is 0 Å². The summed E-state index contributed by atoms with van der Waals surface area (Å²) in [4.78, 5) is 10.1. The van der Waals surface area contributed by atoms with Gasteiger partial charge in [0.2, 0.25) is 0 Å². The molecule has 0 heterocycles. The lowest BCUT2D eigenvalue weighted by Gasteiger charge is -1.98. The van der Waals surface area contributed by atoms with Gasteiger partial charge in [0.15, 0.2) is 0 Å². The summed E-state index contributed by atoms with van der Waals surface area (Å²) in [6, 6.07) is 0. The van der Waals surface area contributed by atoms with E-state index < -0.39 is 0 Å². The van der Waals surface area contributed by atoms with E-state index in [-0.39, 0.29) is 0 Å². The predicted molar refractivity (Wildman–Crippen MR) is 103 cm³/mol. The van der Waals surface area contributed by atoms with E-state index in [1.807, 2.05) is 0 Å². The predicted octanol–water partition coefficient (Wildman–Crippen LogP) is 5.64. The molecule has 0 amide bonds. The summed E-state index contributed by atoms with van der Waals surface area (Å²) in [6.45, 7) is 2.27. The Bertz CT molecular complexity index is 237. The van der Waals surface area contributed by atoms with Crippen molar-refractivity contribution in [2.24, 2.45) is 5.84 Å². The summed E-state index contributed by atoms with van der Waals surface area (Å²) in [6.07, 6.45) is 23.6. The number of unbranched alkanes of at least 4 members (excludes halogenated alkanes) is 12. The minimum absolute atomic E-state index is 0.748. The first-order valence-corrected chi connectivity index (χ1v) is 9.65. The molecule has 0 aliphatic carbocycles. The molecule has 138 valence electrons. The van der Waals surface area contributed by atoms with E-state index >= 15 is 0 Å². The zero-order valence-electron chi connectivity index (χ0n) is 16.1. The molecule has 0 saturated carbocycles. The topological polar surface area (TPSA) is 46.3 Å². The van der Waals surface area contributed by atoms with Crippen molar-refractivity contribution in [3.05, 3.63) is 12.2 Å². The van der Waals surface area contributed by atoms with Gasteiger partial charge in [-0.1, -0.05) is 70.4 Å². The quantitative estimate of drug-likeness (QED) is 0.139.